The van der Waals surface area contributed by atoms with Crippen LogP contribution in [0.25, 0.3) is 83.9 Å². The maximum atomic E-state index is 14.8. The van der Waals surface area contributed by atoms with Crippen molar-refractivity contribution in [1.82, 2.24) is 19.5 Å². The number of hydrogen-bond acceptors (Lipinski definition) is 3. The molecule has 0 fully saturated rings. The molecule has 2 aliphatic rings. The van der Waals surface area contributed by atoms with Crippen LogP contribution in [0.4, 0.5) is 65.9 Å². The number of nitrogens with zero attached hydrogens (tertiary/aromatic N) is 4. The third-order valence-corrected chi connectivity index (χ3v) is 12.8. The van der Waals surface area contributed by atoms with Crippen LogP contribution in [0, 0.1) is 5.92 Å². The second kappa shape index (κ2) is 18.3. The van der Waals surface area contributed by atoms with Crippen molar-refractivity contribution in [2.45, 2.75) is 37.3 Å². The van der Waals surface area contributed by atoms with E-state index < -0.39 is 76.6 Å². The fraction of sp³-hybridized carbons (Fsp3) is 0.125. The molecule has 2 heterocycles. The lowest BCUT2D eigenvalue weighted by atomic mass is 9.88. The molecular weight excluding hydrogens is 1010 g/mol. The van der Waals surface area contributed by atoms with Gasteiger partial charge >= 0.3 is 30.9 Å². The van der Waals surface area contributed by atoms with E-state index in [2.05, 4.69) is 0 Å². The molecule has 0 saturated heterocycles. The van der Waals surface area contributed by atoms with Crippen molar-refractivity contribution in [3.05, 3.63) is 203 Å². The zero-order chi connectivity index (χ0) is 53.4. The molecule has 4 nitrogen and oxygen atoms in total. The maximum Gasteiger partial charge on any atom is 0.416 e. The van der Waals surface area contributed by atoms with Gasteiger partial charge in [-0.25, -0.2) is 15.0 Å². The summed E-state index contributed by atoms with van der Waals surface area (Å²) in [6.45, 7) is 0. The predicted octanol–water partition coefficient (Wildman–Crippen LogP) is 15.6. The van der Waals surface area contributed by atoms with Crippen molar-refractivity contribution in [1.29, 1.82) is 0 Å². The van der Waals surface area contributed by atoms with Gasteiger partial charge in [-0.15, -0.1) is 0 Å². The summed E-state index contributed by atoms with van der Waals surface area (Å²) in [5.74, 6) is -2.32. The van der Waals surface area contributed by atoms with Crippen LogP contribution >= 0.6 is 0 Å². The molecule has 0 amide bonds. The average molecular weight is 1040 g/mol. The van der Waals surface area contributed by atoms with Crippen LogP contribution in [0.3, 0.4) is 0 Å². The lowest BCUT2D eigenvalue weighted by molar-refractivity contribution is -0.147. The first-order chi connectivity index (χ1) is 35.3. The van der Waals surface area contributed by atoms with Gasteiger partial charge in [-0.05, 0) is 76.1 Å². The van der Waals surface area contributed by atoms with E-state index in [1.807, 2.05) is 0 Å². The first kappa shape index (κ1) is 50.3. The molecule has 0 saturated carbocycles. The van der Waals surface area contributed by atoms with Gasteiger partial charge in [-0.3, -0.25) is 0 Å². The molecule has 0 aliphatic heterocycles. The number of hydrogen-bond donors (Lipinski definition) is 0. The van der Waals surface area contributed by atoms with Crippen LogP contribution in [0.2, 0.25) is 0 Å². The second-order valence-electron chi connectivity index (χ2n) is 17.5. The Labute approximate surface area is 414 Å². The summed E-state index contributed by atoms with van der Waals surface area (Å²) in [6, 6.07) is 33.6. The summed E-state index contributed by atoms with van der Waals surface area (Å²) in [4.78, 5) is 14.3. The van der Waals surface area contributed by atoms with Crippen LogP contribution in [0.1, 0.15) is 12.0 Å². The van der Waals surface area contributed by atoms with Crippen LogP contribution in [-0.4, -0.2) is 44.2 Å². The van der Waals surface area contributed by atoms with Crippen molar-refractivity contribution in [2.75, 3.05) is 0 Å². The number of fused-ring (bicyclic) bond motifs is 3. The lowest BCUT2D eigenvalue weighted by Crippen LogP contribution is -2.29. The molecule has 0 radical (unpaired) electrons. The second-order valence-corrected chi connectivity index (χ2v) is 17.5. The van der Waals surface area contributed by atoms with E-state index in [0.717, 1.165) is 24.3 Å². The summed E-state index contributed by atoms with van der Waals surface area (Å²) >= 11 is 0. The summed E-state index contributed by atoms with van der Waals surface area (Å²) in [5, 5.41) is 0.0144. The van der Waals surface area contributed by atoms with E-state index in [1.165, 1.54) is 53.1 Å². The molecule has 8 aromatic rings. The van der Waals surface area contributed by atoms with Gasteiger partial charge in [-0.2, -0.15) is 65.9 Å². The maximum absolute atomic E-state index is 14.8. The molecule has 0 spiro atoms. The fourth-order valence-electron chi connectivity index (χ4n) is 9.21. The van der Waals surface area contributed by atoms with Crippen molar-refractivity contribution in [3.63, 3.8) is 0 Å². The fourth-order valence-corrected chi connectivity index (χ4v) is 9.21. The molecule has 1 atom stereocenters. The molecule has 6 aromatic carbocycles. The minimum atomic E-state index is -5.30. The SMILES string of the molecule is FC(F)(F)C1=CCC(=c2ccc3c4ccc(=C5C=CC(C(F)(F)F)=CC5C(F)(F)F)cc4n(-c4cc(-c5nc(-c6ccccc6)nc(-c6ccccc6)n5)ccc4-c4ccc(C(F)(F)F)cc4)c3c2)C(C(F)(F)F)=C1. The highest BCUT2D eigenvalue weighted by Gasteiger charge is 2.45. The molecule has 380 valence electrons. The van der Waals surface area contributed by atoms with E-state index in [0.29, 0.717) is 29.4 Å². The van der Waals surface area contributed by atoms with E-state index >= 15 is 0 Å². The van der Waals surface area contributed by atoms with Crippen LogP contribution in [0.5, 0.6) is 0 Å². The van der Waals surface area contributed by atoms with Crippen LogP contribution in [-0.2, 0) is 6.18 Å². The van der Waals surface area contributed by atoms with Gasteiger partial charge in [0.1, 0.15) is 0 Å². The minimum absolute atomic E-state index is 0.0101. The smallest absolute Gasteiger partial charge is 0.309 e. The highest BCUT2D eigenvalue weighted by molar-refractivity contribution is 6.10. The minimum Gasteiger partial charge on any atom is -0.309 e. The topological polar surface area (TPSA) is 43.6 Å². The first-order valence-corrected chi connectivity index (χ1v) is 22.4. The predicted molar refractivity (Wildman–Crippen MR) is 253 cm³/mol. The van der Waals surface area contributed by atoms with Crippen LogP contribution in [0.15, 0.2) is 187 Å². The van der Waals surface area contributed by atoms with Gasteiger partial charge < -0.3 is 4.57 Å². The Bertz CT molecular complexity index is 3680. The lowest BCUT2D eigenvalue weighted by Gasteiger charge is -2.24. The summed E-state index contributed by atoms with van der Waals surface area (Å²) < 4.78 is 215. The molecule has 2 aromatic heterocycles. The normalized spacial score (nSPS) is 17.3. The molecule has 0 bridgehead atoms. The molecule has 10 rings (SSSR count). The number of benzene rings is 6. The first-order valence-electron chi connectivity index (χ1n) is 22.4. The highest BCUT2D eigenvalue weighted by Crippen LogP contribution is 2.45. The number of rotatable bonds is 5. The van der Waals surface area contributed by atoms with Gasteiger partial charge in [0.05, 0.1) is 44.9 Å². The number of alkyl halides is 15. The standard InChI is InChI=1S/C56H31F15N4/c57-52(58,59)36-16-11-30(12-17-36)41-20-15-35(51-73-49(31-7-3-1-4-8-31)72-50(74-51)32-9-5-2-6-10-32)27-46(41)75-47-25-33(39-23-18-37(53(60,61)62)28-44(39)55(66,67)68)13-21-42(47)43-22-14-34(26-48(43)75)40-24-19-38(54(63,64)65)29-45(40)56(69,70)71/h1-23,25-29,44H,24H2. The zero-order valence-electron chi connectivity index (χ0n) is 37.9. The molecule has 19 heteroatoms. The Kier molecular flexibility index (Phi) is 12.3. The zero-order valence-corrected chi connectivity index (χ0v) is 37.9. The Morgan fingerprint density at radius 2 is 0.973 bits per heavy atom. The molecular formula is C56H31F15N4. The summed E-state index contributed by atoms with van der Waals surface area (Å²) in [6.07, 6.45) is -24.7. The van der Waals surface area contributed by atoms with E-state index in [4.69, 9.17) is 15.0 Å². The third kappa shape index (κ3) is 9.85. The van der Waals surface area contributed by atoms with Gasteiger partial charge in [0.2, 0.25) is 0 Å². The van der Waals surface area contributed by atoms with E-state index in [1.54, 1.807) is 66.7 Å². The molecule has 0 N–H and O–H groups in total. The third-order valence-electron chi connectivity index (χ3n) is 12.8. The van der Waals surface area contributed by atoms with Crippen molar-refractivity contribution < 1.29 is 65.9 Å². The summed E-state index contributed by atoms with van der Waals surface area (Å²) in [5.41, 5.74) is -5.17. The van der Waals surface area contributed by atoms with Crippen molar-refractivity contribution in [2.24, 2.45) is 5.92 Å². The molecule has 1 unspecified atom stereocenters. The Morgan fingerprint density at radius 3 is 1.49 bits per heavy atom. The largest absolute Gasteiger partial charge is 0.416 e. The molecule has 2 aliphatic carbocycles. The van der Waals surface area contributed by atoms with E-state index in [9.17, 15) is 65.9 Å². The van der Waals surface area contributed by atoms with Gasteiger partial charge in [-0.1, -0.05) is 127 Å². The number of aromatic nitrogens is 4. The van der Waals surface area contributed by atoms with Gasteiger partial charge in [0.25, 0.3) is 0 Å². The highest BCUT2D eigenvalue weighted by atomic mass is 19.4. The summed E-state index contributed by atoms with van der Waals surface area (Å²) in [7, 11) is 0. The molecule has 75 heavy (non-hydrogen) atoms. The van der Waals surface area contributed by atoms with Crippen molar-refractivity contribution in [3.8, 4) is 51.0 Å². The monoisotopic (exact) mass is 1040 g/mol. The quantitative estimate of drug-likeness (QED) is 0.161. The Morgan fingerprint density at radius 1 is 0.453 bits per heavy atom. The number of halogens is 15. The average Bonchev–Trinajstić information content (AvgIpc) is 3.70. The Hall–Kier alpha value is -8.22. The van der Waals surface area contributed by atoms with Gasteiger partial charge in [0.15, 0.2) is 17.5 Å². The Balaban J connectivity index is 1.33. The van der Waals surface area contributed by atoms with Crippen LogP contribution < -0.4 is 10.4 Å². The van der Waals surface area contributed by atoms with Crippen molar-refractivity contribution >= 4 is 33.0 Å². The number of allylic oxidation sites excluding steroid dienone is 8. The van der Waals surface area contributed by atoms with E-state index in [-0.39, 0.29) is 84.2 Å². The van der Waals surface area contributed by atoms with Gasteiger partial charge in [0, 0.05) is 33.0 Å².